The summed E-state index contributed by atoms with van der Waals surface area (Å²) in [5.41, 5.74) is 10.5. The first-order valence-electron chi connectivity index (χ1n) is 7.32. The molecule has 2 aromatic heterocycles. The summed E-state index contributed by atoms with van der Waals surface area (Å²) in [5, 5.41) is 5.61. The van der Waals surface area contributed by atoms with Crippen LogP contribution in [0.25, 0.3) is 10.9 Å². The lowest BCUT2D eigenvalue weighted by Gasteiger charge is -2.13. The zero-order valence-electron chi connectivity index (χ0n) is 12.5. The molecule has 3 aromatic rings. The van der Waals surface area contributed by atoms with Gasteiger partial charge in [0.15, 0.2) is 0 Å². The minimum atomic E-state index is -0.115. The fourth-order valence-electron chi connectivity index (χ4n) is 2.66. The second-order valence-corrected chi connectivity index (χ2v) is 5.33. The average Bonchev–Trinajstić information content (AvgIpc) is 2.86. The highest BCUT2D eigenvalue weighted by molar-refractivity contribution is 5.78. The molecule has 0 aliphatic heterocycles. The molecule has 1 atom stereocenters. The summed E-state index contributed by atoms with van der Waals surface area (Å²) in [6, 6.07) is 14.2. The van der Waals surface area contributed by atoms with Gasteiger partial charge in [0.25, 0.3) is 0 Å². The largest absolute Gasteiger partial charge is 0.322 e. The van der Waals surface area contributed by atoms with Gasteiger partial charge < -0.3 is 5.73 Å². The second-order valence-electron chi connectivity index (χ2n) is 5.33. The van der Waals surface area contributed by atoms with Gasteiger partial charge in [0.1, 0.15) is 0 Å². The van der Waals surface area contributed by atoms with Crippen molar-refractivity contribution < 1.29 is 0 Å². The average molecular weight is 280 g/mol. The van der Waals surface area contributed by atoms with Crippen molar-refractivity contribution in [2.45, 2.75) is 32.9 Å². The van der Waals surface area contributed by atoms with E-state index in [2.05, 4.69) is 35.2 Å². The van der Waals surface area contributed by atoms with Gasteiger partial charge in [0.2, 0.25) is 0 Å². The maximum absolute atomic E-state index is 6.35. The predicted molar refractivity (Wildman–Crippen MR) is 85.0 cm³/mol. The Morgan fingerprint density at radius 3 is 2.81 bits per heavy atom. The third-order valence-electron chi connectivity index (χ3n) is 3.71. The van der Waals surface area contributed by atoms with E-state index in [1.807, 2.05) is 35.9 Å². The fourth-order valence-corrected chi connectivity index (χ4v) is 2.66. The summed E-state index contributed by atoms with van der Waals surface area (Å²) in [7, 11) is 0. The topological polar surface area (TPSA) is 56.7 Å². The van der Waals surface area contributed by atoms with Crippen LogP contribution in [0.15, 0.2) is 42.5 Å². The number of nitrogens with zero attached hydrogens (tertiary/aromatic N) is 3. The van der Waals surface area contributed by atoms with Gasteiger partial charge >= 0.3 is 0 Å². The minimum absolute atomic E-state index is 0.115. The van der Waals surface area contributed by atoms with Crippen LogP contribution in [0.1, 0.15) is 30.0 Å². The number of rotatable bonds is 4. The van der Waals surface area contributed by atoms with Crippen LogP contribution in [0, 0.1) is 6.92 Å². The highest BCUT2D eigenvalue weighted by Gasteiger charge is 2.13. The van der Waals surface area contributed by atoms with Gasteiger partial charge in [-0.25, -0.2) is 0 Å². The van der Waals surface area contributed by atoms with Gasteiger partial charge in [0, 0.05) is 24.0 Å². The number of benzene rings is 1. The molecular weight excluding hydrogens is 260 g/mol. The number of nitrogens with two attached hydrogens (primary N) is 1. The van der Waals surface area contributed by atoms with Crippen LogP contribution in [0.3, 0.4) is 0 Å². The quantitative estimate of drug-likeness (QED) is 0.799. The van der Waals surface area contributed by atoms with Gasteiger partial charge in [-0.15, -0.1) is 0 Å². The first-order valence-corrected chi connectivity index (χ1v) is 7.32. The number of fused-ring (bicyclic) bond motifs is 1. The first kappa shape index (κ1) is 13.8. The molecule has 0 amide bonds. The van der Waals surface area contributed by atoms with Crippen molar-refractivity contribution in [1.82, 2.24) is 14.8 Å². The van der Waals surface area contributed by atoms with Gasteiger partial charge in [-0.05, 0) is 32.0 Å². The van der Waals surface area contributed by atoms with E-state index < -0.39 is 0 Å². The normalized spacial score (nSPS) is 12.7. The molecule has 21 heavy (non-hydrogen) atoms. The van der Waals surface area contributed by atoms with E-state index in [-0.39, 0.29) is 6.04 Å². The van der Waals surface area contributed by atoms with Crippen molar-refractivity contribution in [3.8, 4) is 0 Å². The lowest BCUT2D eigenvalue weighted by molar-refractivity contribution is 0.583. The van der Waals surface area contributed by atoms with Crippen LogP contribution in [0.4, 0.5) is 0 Å². The Labute approximate surface area is 124 Å². The number of aromatic nitrogens is 3. The molecule has 4 heteroatoms. The zero-order valence-corrected chi connectivity index (χ0v) is 12.5. The molecule has 0 aliphatic carbocycles. The predicted octanol–water partition coefficient (Wildman–Crippen LogP) is 3.00. The van der Waals surface area contributed by atoms with Gasteiger partial charge in [-0.3, -0.25) is 9.67 Å². The summed E-state index contributed by atoms with van der Waals surface area (Å²) in [5.74, 6) is 0. The Hall–Kier alpha value is -2.20. The van der Waals surface area contributed by atoms with Crippen LogP contribution < -0.4 is 5.73 Å². The third-order valence-corrected chi connectivity index (χ3v) is 3.71. The molecule has 108 valence electrons. The molecule has 0 fully saturated rings. The van der Waals surface area contributed by atoms with Crippen LogP contribution in [-0.2, 0) is 13.0 Å². The summed E-state index contributed by atoms with van der Waals surface area (Å²) in [6.07, 6.45) is 0.750. The molecule has 0 aliphatic rings. The standard InChI is InChI=1S/C17H20N4/c1-3-21-14(10-12(2)20-21)11-15(18)17-9-8-13-6-4-5-7-16(13)19-17/h4-10,15H,3,11,18H2,1-2H3. The zero-order chi connectivity index (χ0) is 14.8. The van der Waals surface area contributed by atoms with Crippen LogP contribution >= 0.6 is 0 Å². The molecule has 0 saturated heterocycles. The molecular formula is C17H20N4. The van der Waals surface area contributed by atoms with E-state index in [4.69, 9.17) is 5.73 Å². The van der Waals surface area contributed by atoms with Gasteiger partial charge in [-0.2, -0.15) is 5.10 Å². The summed E-state index contributed by atoms with van der Waals surface area (Å²) < 4.78 is 2.01. The van der Waals surface area contributed by atoms with Crippen LogP contribution in [0.5, 0.6) is 0 Å². The highest BCUT2D eigenvalue weighted by atomic mass is 15.3. The highest BCUT2D eigenvalue weighted by Crippen LogP contribution is 2.19. The number of aryl methyl sites for hydroxylation is 2. The van der Waals surface area contributed by atoms with Crippen molar-refractivity contribution in [1.29, 1.82) is 0 Å². The molecule has 0 radical (unpaired) electrons. The van der Waals surface area contributed by atoms with E-state index in [1.54, 1.807) is 0 Å². The van der Waals surface area contributed by atoms with Gasteiger partial charge in [-0.1, -0.05) is 24.3 Å². The first-order chi connectivity index (χ1) is 10.2. The van der Waals surface area contributed by atoms with Crippen molar-refractivity contribution >= 4 is 10.9 Å². The molecule has 1 aromatic carbocycles. The minimum Gasteiger partial charge on any atom is -0.322 e. The van der Waals surface area contributed by atoms with Crippen molar-refractivity contribution in [3.63, 3.8) is 0 Å². The summed E-state index contributed by atoms with van der Waals surface area (Å²) in [4.78, 5) is 4.68. The third kappa shape index (κ3) is 2.81. The molecule has 2 heterocycles. The van der Waals surface area contributed by atoms with E-state index in [0.717, 1.165) is 41.0 Å². The molecule has 2 N–H and O–H groups in total. The molecule has 0 spiro atoms. The van der Waals surface area contributed by atoms with E-state index >= 15 is 0 Å². The lowest BCUT2D eigenvalue weighted by atomic mass is 10.1. The Bertz CT molecular complexity index is 760. The number of pyridine rings is 1. The Kier molecular flexibility index (Phi) is 3.71. The van der Waals surface area contributed by atoms with Gasteiger partial charge in [0.05, 0.1) is 22.9 Å². The number of para-hydroxylation sites is 1. The second kappa shape index (κ2) is 5.66. The van der Waals surface area contributed by atoms with Crippen LogP contribution in [-0.4, -0.2) is 14.8 Å². The molecule has 0 saturated carbocycles. The number of hydrogen-bond acceptors (Lipinski definition) is 3. The Morgan fingerprint density at radius 1 is 1.19 bits per heavy atom. The smallest absolute Gasteiger partial charge is 0.0706 e. The number of hydrogen-bond donors (Lipinski definition) is 1. The summed E-state index contributed by atoms with van der Waals surface area (Å²) in [6.45, 7) is 4.96. The van der Waals surface area contributed by atoms with Crippen molar-refractivity contribution in [2.75, 3.05) is 0 Å². The van der Waals surface area contributed by atoms with E-state index in [1.165, 1.54) is 0 Å². The van der Waals surface area contributed by atoms with Crippen LogP contribution in [0.2, 0.25) is 0 Å². The molecule has 3 rings (SSSR count). The van der Waals surface area contributed by atoms with E-state index in [0.29, 0.717) is 0 Å². The fraction of sp³-hybridized carbons (Fsp3) is 0.294. The van der Waals surface area contributed by atoms with E-state index in [9.17, 15) is 0 Å². The Morgan fingerprint density at radius 2 is 2.00 bits per heavy atom. The molecule has 4 nitrogen and oxygen atoms in total. The lowest BCUT2D eigenvalue weighted by Crippen LogP contribution is -2.17. The SMILES string of the molecule is CCn1nc(C)cc1CC(N)c1ccc2ccccc2n1. The van der Waals surface area contributed by atoms with Crippen molar-refractivity contribution in [2.24, 2.45) is 5.73 Å². The molecule has 0 bridgehead atoms. The maximum Gasteiger partial charge on any atom is 0.0706 e. The summed E-state index contributed by atoms with van der Waals surface area (Å²) >= 11 is 0. The monoisotopic (exact) mass is 280 g/mol. The van der Waals surface area contributed by atoms with Crippen molar-refractivity contribution in [3.05, 3.63) is 59.5 Å². The molecule has 1 unspecified atom stereocenters. The Balaban J connectivity index is 1.87. The maximum atomic E-state index is 6.35.